The van der Waals surface area contributed by atoms with Crippen molar-refractivity contribution in [3.63, 3.8) is 0 Å². The Morgan fingerprint density at radius 2 is 2.10 bits per heavy atom. The quantitative estimate of drug-likeness (QED) is 0.811. The molecule has 0 amide bonds. The molecular weight excluding hydrogens is 268 g/mol. The zero-order valence-electron chi connectivity index (χ0n) is 12.9. The third-order valence-electron chi connectivity index (χ3n) is 4.56. The number of rotatable bonds is 3. The molecule has 0 aromatic rings. The Morgan fingerprint density at radius 1 is 1.38 bits per heavy atom. The highest BCUT2D eigenvalue weighted by molar-refractivity contribution is 6.05. The minimum atomic E-state index is -1.39. The summed E-state index contributed by atoms with van der Waals surface area (Å²) in [6.45, 7) is 6.45. The molecule has 4 unspecified atom stereocenters. The first-order valence-corrected chi connectivity index (χ1v) is 7.71. The van der Waals surface area contributed by atoms with Crippen LogP contribution in [0.15, 0.2) is 23.8 Å². The van der Waals surface area contributed by atoms with Crippen molar-refractivity contribution in [2.24, 2.45) is 17.8 Å². The zero-order chi connectivity index (χ0) is 15.6. The van der Waals surface area contributed by atoms with Gasteiger partial charge in [-0.25, -0.2) is 4.79 Å². The van der Waals surface area contributed by atoms with Gasteiger partial charge >= 0.3 is 5.97 Å². The van der Waals surface area contributed by atoms with Crippen LogP contribution in [-0.2, 0) is 14.3 Å². The van der Waals surface area contributed by atoms with Gasteiger partial charge in [0.2, 0.25) is 0 Å². The van der Waals surface area contributed by atoms with E-state index in [1.807, 2.05) is 0 Å². The molecule has 1 saturated carbocycles. The van der Waals surface area contributed by atoms with E-state index in [1.54, 1.807) is 0 Å². The van der Waals surface area contributed by atoms with E-state index in [0.717, 1.165) is 19.3 Å². The fourth-order valence-corrected chi connectivity index (χ4v) is 3.22. The van der Waals surface area contributed by atoms with Crippen LogP contribution in [0.25, 0.3) is 0 Å². The Bertz CT molecular complexity index is 475. The standard InChI is InChI=1S/C17H24O4/c1-10(2)12-8-7-11(3)9-15(12)21-17(20)13-5-4-6-14(18)16(13)19/h4-6,10-12,15-16,19H,7-9H2,1-3H3. The van der Waals surface area contributed by atoms with Crippen LogP contribution in [0.4, 0.5) is 0 Å². The topological polar surface area (TPSA) is 63.6 Å². The molecule has 1 fully saturated rings. The smallest absolute Gasteiger partial charge is 0.337 e. The molecule has 0 heterocycles. The number of aliphatic hydroxyl groups is 1. The summed E-state index contributed by atoms with van der Waals surface area (Å²) in [5.74, 6) is 0.288. The minimum Gasteiger partial charge on any atom is -0.459 e. The Hall–Kier alpha value is -1.42. The fraction of sp³-hybridized carbons (Fsp3) is 0.647. The van der Waals surface area contributed by atoms with Gasteiger partial charge in [-0.2, -0.15) is 0 Å². The van der Waals surface area contributed by atoms with Crippen LogP contribution in [0.5, 0.6) is 0 Å². The van der Waals surface area contributed by atoms with Crippen molar-refractivity contribution in [2.45, 2.75) is 52.2 Å². The molecule has 1 N–H and O–H groups in total. The van der Waals surface area contributed by atoms with E-state index < -0.39 is 17.9 Å². The average Bonchev–Trinajstić information content (AvgIpc) is 2.41. The van der Waals surface area contributed by atoms with E-state index in [2.05, 4.69) is 20.8 Å². The molecule has 0 bridgehead atoms. The second-order valence-electron chi connectivity index (χ2n) is 6.56. The largest absolute Gasteiger partial charge is 0.459 e. The van der Waals surface area contributed by atoms with Gasteiger partial charge < -0.3 is 9.84 Å². The van der Waals surface area contributed by atoms with Gasteiger partial charge in [-0.05, 0) is 42.7 Å². The fourth-order valence-electron chi connectivity index (χ4n) is 3.22. The lowest BCUT2D eigenvalue weighted by Crippen LogP contribution is -2.38. The summed E-state index contributed by atoms with van der Waals surface area (Å²) in [5.41, 5.74) is 0.0447. The van der Waals surface area contributed by atoms with Gasteiger partial charge in [0, 0.05) is 0 Å². The second-order valence-corrected chi connectivity index (χ2v) is 6.56. The molecule has 2 rings (SSSR count). The van der Waals surface area contributed by atoms with Gasteiger partial charge in [-0.15, -0.1) is 0 Å². The highest BCUT2D eigenvalue weighted by Gasteiger charge is 2.35. The predicted molar refractivity (Wildman–Crippen MR) is 79.5 cm³/mol. The summed E-state index contributed by atoms with van der Waals surface area (Å²) in [7, 11) is 0. The molecule has 4 atom stereocenters. The van der Waals surface area contributed by atoms with E-state index in [4.69, 9.17) is 4.74 Å². The van der Waals surface area contributed by atoms with E-state index in [9.17, 15) is 14.7 Å². The van der Waals surface area contributed by atoms with Crippen molar-refractivity contribution < 1.29 is 19.4 Å². The number of esters is 1. The summed E-state index contributed by atoms with van der Waals surface area (Å²) in [6.07, 6.45) is 5.75. The Morgan fingerprint density at radius 3 is 2.76 bits per heavy atom. The summed E-state index contributed by atoms with van der Waals surface area (Å²) < 4.78 is 5.64. The predicted octanol–water partition coefficient (Wildman–Crippen LogP) is 2.42. The summed E-state index contributed by atoms with van der Waals surface area (Å²) >= 11 is 0. The monoisotopic (exact) mass is 292 g/mol. The first-order valence-electron chi connectivity index (χ1n) is 7.71. The van der Waals surface area contributed by atoms with Crippen LogP contribution in [0, 0.1) is 17.8 Å². The number of hydrogen-bond donors (Lipinski definition) is 1. The van der Waals surface area contributed by atoms with Crippen molar-refractivity contribution in [3.8, 4) is 0 Å². The van der Waals surface area contributed by atoms with E-state index in [0.29, 0.717) is 17.8 Å². The molecule has 2 aliphatic carbocycles. The van der Waals surface area contributed by atoms with Crippen LogP contribution in [0.1, 0.15) is 40.0 Å². The summed E-state index contributed by atoms with van der Waals surface area (Å²) in [4.78, 5) is 23.7. The van der Waals surface area contributed by atoms with E-state index >= 15 is 0 Å². The number of hydrogen-bond acceptors (Lipinski definition) is 4. The molecular formula is C17H24O4. The van der Waals surface area contributed by atoms with Crippen LogP contribution in [0.2, 0.25) is 0 Å². The summed E-state index contributed by atoms with van der Waals surface area (Å²) in [5, 5.41) is 9.79. The number of allylic oxidation sites excluding steroid dienone is 2. The number of carbonyl (C=O) groups is 2. The molecule has 116 valence electrons. The number of carbonyl (C=O) groups excluding carboxylic acids is 2. The highest BCUT2D eigenvalue weighted by atomic mass is 16.5. The minimum absolute atomic E-state index is 0.0447. The SMILES string of the molecule is CC1CCC(C(C)C)C(OC(=O)C2=CC=CC(=O)C2O)C1. The van der Waals surface area contributed by atoms with Gasteiger partial charge in [0.05, 0.1) is 5.57 Å². The van der Waals surface area contributed by atoms with Crippen molar-refractivity contribution in [3.05, 3.63) is 23.8 Å². The van der Waals surface area contributed by atoms with Crippen molar-refractivity contribution in [1.29, 1.82) is 0 Å². The highest BCUT2D eigenvalue weighted by Crippen LogP contribution is 2.35. The molecule has 0 radical (unpaired) electrons. The van der Waals surface area contributed by atoms with Gasteiger partial charge in [0.1, 0.15) is 12.2 Å². The van der Waals surface area contributed by atoms with Gasteiger partial charge in [-0.3, -0.25) is 4.79 Å². The third kappa shape index (κ3) is 3.62. The molecule has 2 aliphatic rings. The molecule has 0 spiro atoms. The molecule has 0 aromatic heterocycles. The van der Waals surface area contributed by atoms with Crippen LogP contribution < -0.4 is 0 Å². The first-order chi connectivity index (χ1) is 9.90. The van der Waals surface area contributed by atoms with Crippen LogP contribution in [0.3, 0.4) is 0 Å². The van der Waals surface area contributed by atoms with Crippen molar-refractivity contribution >= 4 is 11.8 Å². The maximum atomic E-state index is 12.3. The van der Waals surface area contributed by atoms with Gasteiger partial charge in [0.15, 0.2) is 5.78 Å². The van der Waals surface area contributed by atoms with Crippen molar-refractivity contribution in [1.82, 2.24) is 0 Å². The average molecular weight is 292 g/mol. The molecule has 21 heavy (non-hydrogen) atoms. The summed E-state index contributed by atoms with van der Waals surface area (Å²) in [6, 6.07) is 0. The van der Waals surface area contributed by atoms with Crippen molar-refractivity contribution in [2.75, 3.05) is 0 Å². The zero-order valence-corrected chi connectivity index (χ0v) is 12.9. The van der Waals surface area contributed by atoms with Gasteiger partial charge in [0.25, 0.3) is 0 Å². The lowest BCUT2D eigenvalue weighted by atomic mass is 9.75. The van der Waals surface area contributed by atoms with Crippen LogP contribution in [-0.4, -0.2) is 29.1 Å². The maximum absolute atomic E-state index is 12.3. The lowest BCUT2D eigenvalue weighted by molar-refractivity contribution is -0.153. The van der Waals surface area contributed by atoms with E-state index in [1.165, 1.54) is 18.2 Å². The number of aliphatic hydroxyl groups excluding tert-OH is 1. The molecule has 0 aliphatic heterocycles. The second kappa shape index (κ2) is 6.56. The Kier molecular flexibility index (Phi) is 4.99. The Balaban J connectivity index is 2.08. The normalized spacial score (nSPS) is 33.0. The molecule has 0 saturated heterocycles. The van der Waals surface area contributed by atoms with Gasteiger partial charge in [-0.1, -0.05) is 33.3 Å². The number of ketones is 1. The molecule has 0 aromatic carbocycles. The number of ether oxygens (including phenoxy) is 1. The molecule has 4 heteroatoms. The van der Waals surface area contributed by atoms with Crippen LogP contribution >= 0.6 is 0 Å². The molecule has 4 nitrogen and oxygen atoms in total. The first kappa shape index (κ1) is 16.0. The lowest BCUT2D eigenvalue weighted by Gasteiger charge is -2.37. The van der Waals surface area contributed by atoms with E-state index in [-0.39, 0.29) is 11.7 Å². The maximum Gasteiger partial charge on any atom is 0.337 e. The Labute approximate surface area is 125 Å². The third-order valence-corrected chi connectivity index (χ3v) is 4.56.